The Morgan fingerprint density at radius 2 is 1.61 bits per heavy atom. The van der Waals surface area contributed by atoms with Gasteiger partial charge in [0.2, 0.25) is 0 Å². The van der Waals surface area contributed by atoms with Gasteiger partial charge in [0.1, 0.15) is 5.54 Å². The topological polar surface area (TPSA) is 49.3 Å². The summed E-state index contributed by atoms with van der Waals surface area (Å²) in [4.78, 5) is 11.7. The SMILES string of the molecule is CC1(C)CCC(NC2CCCCC2)(C(=O)O)CC1. The number of carboxylic acid groups (broad SMARTS) is 1. The first-order valence-corrected chi connectivity index (χ1v) is 7.45. The van der Waals surface area contributed by atoms with Gasteiger partial charge in [0, 0.05) is 6.04 Å². The number of hydrogen-bond acceptors (Lipinski definition) is 2. The molecule has 2 saturated carbocycles. The van der Waals surface area contributed by atoms with Crippen molar-refractivity contribution in [1.29, 1.82) is 0 Å². The lowest BCUT2D eigenvalue weighted by atomic mass is 9.69. The lowest BCUT2D eigenvalue weighted by molar-refractivity contribution is -0.148. The Morgan fingerprint density at radius 1 is 1.06 bits per heavy atom. The molecule has 2 aliphatic rings. The van der Waals surface area contributed by atoms with Crippen molar-refractivity contribution in [3.05, 3.63) is 0 Å². The lowest BCUT2D eigenvalue weighted by Gasteiger charge is -2.43. The lowest BCUT2D eigenvalue weighted by Crippen LogP contribution is -2.58. The summed E-state index contributed by atoms with van der Waals surface area (Å²) in [5.41, 5.74) is -0.329. The van der Waals surface area contributed by atoms with Crippen LogP contribution in [0.3, 0.4) is 0 Å². The second-order valence-electron chi connectivity index (χ2n) is 7.03. The smallest absolute Gasteiger partial charge is 0.323 e. The van der Waals surface area contributed by atoms with Crippen molar-refractivity contribution in [3.63, 3.8) is 0 Å². The van der Waals surface area contributed by atoms with Crippen molar-refractivity contribution in [2.75, 3.05) is 0 Å². The first-order chi connectivity index (χ1) is 8.44. The largest absolute Gasteiger partial charge is 0.480 e. The molecule has 0 spiro atoms. The normalized spacial score (nSPS) is 27.9. The number of carbonyl (C=O) groups is 1. The van der Waals surface area contributed by atoms with Crippen molar-refractivity contribution in [2.45, 2.75) is 83.2 Å². The molecule has 0 saturated heterocycles. The van der Waals surface area contributed by atoms with E-state index >= 15 is 0 Å². The van der Waals surface area contributed by atoms with Crippen molar-refractivity contribution in [1.82, 2.24) is 5.32 Å². The van der Waals surface area contributed by atoms with Crippen LogP contribution >= 0.6 is 0 Å². The highest BCUT2D eigenvalue weighted by molar-refractivity contribution is 5.79. The van der Waals surface area contributed by atoms with E-state index in [1.807, 2.05) is 0 Å². The van der Waals surface area contributed by atoms with Gasteiger partial charge >= 0.3 is 5.97 Å². The molecule has 0 aromatic heterocycles. The highest BCUT2D eigenvalue weighted by Crippen LogP contribution is 2.41. The van der Waals surface area contributed by atoms with Gasteiger partial charge in [0.05, 0.1) is 0 Å². The van der Waals surface area contributed by atoms with Crippen LogP contribution in [0.2, 0.25) is 0 Å². The number of nitrogens with one attached hydrogen (secondary N) is 1. The number of carboxylic acids is 1. The fourth-order valence-electron chi connectivity index (χ4n) is 3.41. The zero-order valence-corrected chi connectivity index (χ0v) is 11.8. The average molecular weight is 253 g/mol. The Labute approximate surface area is 110 Å². The maximum atomic E-state index is 11.7. The van der Waals surface area contributed by atoms with E-state index in [0.717, 1.165) is 38.5 Å². The summed E-state index contributed by atoms with van der Waals surface area (Å²) in [5.74, 6) is -0.636. The molecule has 104 valence electrons. The molecule has 2 rings (SSSR count). The van der Waals surface area contributed by atoms with Gasteiger partial charge in [0.15, 0.2) is 0 Å². The van der Waals surface area contributed by atoms with E-state index < -0.39 is 11.5 Å². The molecular weight excluding hydrogens is 226 g/mol. The van der Waals surface area contributed by atoms with Gasteiger partial charge < -0.3 is 5.11 Å². The van der Waals surface area contributed by atoms with Gasteiger partial charge in [-0.25, -0.2) is 0 Å². The summed E-state index contributed by atoms with van der Waals surface area (Å²) in [5, 5.41) is 13.1. The molecule has 0 aliphatic heterocycles. The molecule has 3 heteroatoms. The van der Waals surface area contributed by atoms with Crippen molar-refractivity contribution >= 4 is 5.97 Å². The van der Waals surface area contributed by atoms with E-state index in [0.29, 0.717) is 11.5 Å². The molecule has 0 heterocycles. The predicted octanol–water partition coefficient (Wildman–Crippen LogP) is 3.33. The number of hydrogen-bond donors (Lipinski definition) is 2. The van der Waals surface area contributed by atoms with Crippen LogP contribution in [-0.4, -0.2) is 22.7 Å². The summed E-state index contributed by atoms with van der Waals surface area (Å²) in [6.07, 6.45) is 9.70. The van der Waals surface area contributed by atoms with E-state index in [2.05, 4.69) is 19.2 Å². The second-order valence-corrected chi connectivity index (χ2v) is 7.03. The van der Waals surface area contributed by atoms with Crippen LogP contribution in [0.5, 0.6) is 0 Å². The molecule has 0 unspecified atom stereocenters. The van der Waals surface area contributed by atoms with Crippen LogP contribution in [0, 0.1) is 5.41 Å². The van der Waals surface area contributed by atoms with Crippen LogP contribution in [0.25, 0.3) is 0 Å². The molecule has 0 radical (unpaired) electrons. The van der Waals surface area contributed by atoms with Crippen LogP contribution in [0.1, 0.15) is 71.6 Å². The predicted molar refractivity (Wildman–Crippen MR) is 72.6 cm³/mol. The maximum absolute atomic E-state index is 11.7. The molecule has 0 amide bonds. The van der Waals surface area contributed by atoms with Gasteiger partial charge in [-0.05, 0) is 43.9 Å². The van der Waals surface area contributed by atoms with Gasteiger partial charge in [-0.1, -0.05) is 33.1 Å². The number of aliphatic carboxylic acids is 1. The van der Waals surface area contributed by atoms with E-state index in [-0.39, 0.29) is 0 Å². The maximum Gasteiger partial charge on any atom is 0.323 e. The molecule has 0 bridgehead atoms. The number of rotatable bonds is 3. The standard InChI is InChI=1S/C15H27NO2/c1-14(2)8-10-15(11-9-14,13(17)18)16-12-6-4-3-5-7-12/h12,16H,3-11H2,1-2H3,(H,17,18). The first kappa shape index (κ1) is 13.9. The Bertz CT molecular complexity index is 296. The average Bonchev–Trinajstić information content (AvgIpc) is 2.33. The molecule has 18 heavy (non-hydrogen) atoms. The summed E-state index contributed by atoms with van der Waals surface area (Å²) in [7, 11) is 0. The van der Waals surface area contributed by atoms with E-state index in [1.165, 1.54) is 19.3 Å². The molecule has 3 nitrogen and oxygen atoms in total. The van der Waals surface area contributed by atoms with Crippen molar-refractivity contribution < 1.29 is 9.90 Å². The molecule has 0 aromatic carbocycles. The quantitative estimate of drug-likeness (QED) is 0.811. The zero-order valence-electron chi connectivity index (χ0n) is 11.8. The molecule has 0 aromatic rings. The minimum absolute atomic E-state index is 0.313. The molecular formula is C15H27NO2. The van der Waals surface area contributed by atoms with E-state index in [4.69, 9.17) is 0 Å². The Kier molecular flexibility index (Phi) is 4.00. The van der Waals surface area contributed by atoms with Gasteiger partial charge in [-0.15, -0.1) is 0 Å². The van der Waals surface area contributed by atoms with Gasteiger partial charge in [-0.2, -0.15) is 0 Å². The molecule has 2 aliphatic carbocycles. The summed E-state index contributed by atoms with van der Waals surface area (Å²) in [6.45, 7) is 4.50. The van der Waals surface area contributed by atoms with Crippen molar-refractivity contribution in [3.8, 4) is 0 Å². The Morgan fingerprint density at radius 3 is 2.11 bits per heavy atom. The van der Waals surface area contributed by atoms with Crippen LogP contribution < -0.4 is 5.32 Å². The monoisotopic (exact) mass is 253 g/mol. The first-order valence-electron chi connectivity index (χ1n) is 7.45. The highest BCUT2D eigenvalue weighted by atomic mass is 16.4. The van der Waals surface area contributed by atoms with Gasteiger partial charge in [-0.3, -0.25) is 10.1 Å². The third-order valence-electron chi connectivity index (χ3n) is 4.95. The minimum atomic E-state index is -0.641. The zero-order chi connectivity index (χ0) is 13.2. The van der Waals surface area contributed by atoms with E-state index in [1.54, 1.807) is 0 Å². The Balaban J connectivity index is 2.01. The minimum Gasteiger partial charge on any atom is -0.480 e. The highest BCUT2D eigenvalue weighted by Gasteiger charge is 2.45. The van der Waals surface area contributed by atoms with Crippen LogP contribution in [-0.2, 0) is 4.79 Å². The fourth-order valence-corrected chi connectivity index (χ4v) is 3.41. The third kappa shape index (κ3) is 3.05. The summed E-state index contributed by atoms with van der Waals surface area (Å²) >= 11 is 0. The summed E-state index contributed by atoms with van der Waals surface area (Å²) in [6, 6.07) is 0.427. The van der Waals surface area contributed by atoms with Crippen LogP contribution in [0.15, 0.2) is 0 Å². The second kappa shape index (κ2) is 5.20. The molecule has 2 N–H and O–H groups in total. The Hall–Kier alpha value is -0.570. The third-order valence-corrected chi connectivity index (χ3v) is 4.95. The van der Waals surface area contributed by atoms with E-state index in [9.17, 15) is 9.90 Å². The fraction of sp³-hybridized carbons (Fsp3) is 0.933. The summed E-state index contributed by atoms with van der Waals surface area (Å²) < 4.78 is 0. The molecule has 0 atom stereocenters. The van der Waals surface area contributed by atoms with Gasteiger partial charge in [0.25, 0.3) is 0 Å². The van der Waals surface area contributed by atoms with Crippen molar-refractivity contribution in [2.24, 2.45) is 5.41 Å². The molecule has 2 fully saturated rings. The van der Waals surface area contributed by atoms with Crippen LogP contribution in [0.4, 0.5) is 0 Å².